The van der Waals surface area contributed by atoms with Crippen molar-refractivity contribution in [3.8, 4) is 11.5 Å². The summed E-state index contributed by atoms with van der Waals surface area (Å²) in [7, 11) is 0. The van der Waals surface area contributed by atoms with Crippen LogP contribution >= 0.6 is 0 Å². The molecule has 0 fully saturated rings. The van der Waals surface area contributed by atoms with E-state index >= 15 is 0 Å². The van der Waals surface area contributed by atoms with E-state index in [9.17, 15) is 9.59 Å². The quantitative estimate of drug-likeness (QED) is 0.160. The fraction of sp³-hybridized carbons (Fsp3) is 0.784. The Morgan fingerprint density at radius 3 is 1.98 bits per heavy atom. The van der Waals surface area contributed by atoms with Gasteiger partial charge in [-0.05, 0) is 116 Å². The summed E-state index contributed by atoms with van der Waals surface area (Å²) in [5, 5.41) is 2.58. The van der Waals surface area contributed by atoms with E-state index in [1.54, 1.807) is 27.7 Å². The lowest BCUT2D eigenvalue weighted by Gasteiger charge is -2.38. The molecule has 0 saturated heterocycles. The summed E-state index contributed by atoms with van der Waals surface area (Å²) in [4.78, 5) is 25.1. The highest BCUT2D eigenvalue weighted by Gasteiger charge is 2.35. The van der Waals surface area contributed by atoms with E-state index < -0.39 is 23.7 Å². The molecule has 4 unspecified atom stereocenters. The van der Waals surface area contributed by atoms with Crippen LogP contribution in [0.1, 0.15) is 149 Å². The summed E-state index contributed by atoms with van der Waals surface area (Å²) in [5.74, 6) is 3.40. The molecule has 0 saturated carbocycles. The maximum Gasteiger partial charge on any atom is 0.408 e. The lowest BCUT2D eigenvalue weighted by atomic mass is 9.83. The normalized spacial score (nSPS) is 18.8. The van der Waals surface area contributed by atoms with Gasteiger partial charge in [0.2, 0.25) is 0 Å². The third kappa shape index (κ3) is 12.0. The van der Waals surface area contributed by atoms with Crippen LogP contribution in [-0.2, 0) is 16.0 Å². The number of alkyl carbamates (subject to hydrolysis) is 1. The molecule has 1 aromatic carbocycles. The maximum atomic E-state index is 12.9. The van der Waals surface area contributed by atoms with Gasteiger partial charge in [-0.3, -0.25) is 0 Å². The van der Waals surface area contributed by atoms with Gasteiger partial charge in [-0.2, -0.15) is 0 Å². The number of ether oxygens (including phenoxy) is 3. The maximum absolute atomic E-state index is 12.9. The average molecular weight is 602 g/mol. The van der Waals surface area contributed by atoms with Gasteiger partial charge >= 0.3 is 12.1 Å². The Bertz CT molecular complexity index is 1070. The van der Waals surface area contributed by atoms with E-state index in [2.05, 4.69) is 39.9 Å². The van der Waals surface area contributed by atoms with Crippen molar-refractivity contribution in [3.63, 3.8) is 0 Å². The second-order valence-electron chi connectivity index (χ2n) is 15.2. The van der Waals surface area contributed by atoms with Gasteiger partial charge in [0, 0.05) is 5.56 Å². The fourth-order valence-electron chi connectivity index (χ4n) is 6.15. The van der Waals surface area contributed by atoms with Crippen LogP contribution in [-0.4, -0.2) is 29.3 Å². The Kier molecular flexibility index (Phi) is 13.9. The van der Waals surface area contributed by atoms with Crippen LogP contribution < -0.4 is 14.8 Å². The molecule has 2 rings (SSSR count). The highest BCUT2D eigenvalue weighted by atomic mass is 16.6. The predicted molar refractivity (Wildman–Crippen MR) is 177 cm³/mol. The first-order chi connectivity index (χ1) is 19.9. The highest BCUT2D eigenvalue weighted by Crippen LogP contribution is 2.45. The van der Waals surface area contributed by atoms with Crippen molar-refractivity contribution >= 4 is 12.1 Å². The van der Waals surface area contributed by atoms with Gasteiger partial charge in [-0.15, -0.1) is 0 Å². The zero-order valence-corrected chi connectivity index (χ0v) is 29.6. The number of amides is 1. The molecule has 0 bridgehead atoms. The third-order valence-electron chi connectivity index (χ3n) is 9.13. The van der Waals surface area contributed by atoms with Crippen molar-refractivity contribution in [3.05, 3.63) is 22.3 Å². The number of carbonyl (C=O) groups excluding carboxylic acids is 2. The van der Waals surface area contributed by atoms with Gasteiger partial charge < -0.3 is 19.5 Å². The third-order valence-corrected chi connectivity index (χ3v) is 9.13. The number of hydrogen-bond acceptors (Lipinski definition) is 5. The van der Waals surface area contributed by atoms with Crippen LogP contribution in [0, 0.1) is 38.5 Å². The first kappa shape index (κ1) is 36.9. The smallest absolute Gasteiger partial charge is 0.408 e. The SMILES string of the molecule is Cc1c(C)c2c(c(C)c1OC(=O)C(C)NC(=O)OC(C)(C)C)CCC(C)(CCCC(C)CCCC(C)CCCC(C)C)O2. The Balaban J connectivity index is 1.92. The Morgan fingerprint density at radius 1 is 0.860 bits per heavy atom. The molecule has 1 aliphatic heterocycles. The number of carbonyl (C=O) groups is 2. The molecule has 0 aromatic heterocycles. The Hall–Kier alpha value is -2.24. The van der Waals surface area contributed by atoms with E-state index in [4.69, 9.17) is 14.2 Å². The molecule has 1 aromatic rings. The van der Waals surface area contributed by atoms with Gasteiger partial charge in [0.25, 0.3) is 0 Å². The molecule has 246 valence electrons. The number of rotatable bonds is 15. The molecule has 1 N–H and O–H groups in total. The van der Waals surface area contributed by atoms with Gasteiger partial charge in [-0.1, -0.05) is 72.6 Å². The largest absolute Gasteiger partial charge is 0.487 e. The molecule has 0 aliphatic carbocycles. The van der Waals surface area contributed by atoms with Crippen molar-refractivity contribution in [1.82, 2.24) is 5.32 Å². The number of fused-ring (bicyclic) bond motifs is 1. The molecular weight excluding hydrogens is 538 g/mol. The van der Waals surface area contributed by atoms with Crippen LogP contribution in [0.25, 0.3) is 0 Å². The summed E-state index contributed by atoms with van der Waals surface area (Å²) in [6, 6.07) is -0.843. The van der Waals surface area contributed by atoms with Crippen molar-refractivity contribution in [2.24, 2.45) is 17.8 Å². The monoisotopic (exact) mass is 601 g/mol. The van der Waals surface area contributed by atoms with E-state index in [0.717, 1.165) is 65.0 Å². The van der Waals surface area contributed by atoms with Crippen LogP contribution in [0.5, 0.6) is 11.5 Å². The Morgan fingerprint density at radius 2 is 1.42 bits per heavy atom. The van der Waals surface area contributed by atoms with E-state index in [1.807, 2.05) is 20.8 Å². The van der Waals surface area contributed by atoms with Gasteiger partial charge in [0.1, 0.15) is 28.7 Å². The molecule has 1 aliphatic rings. The molecular formula is C37H63NO5. The summed E-state index contributed by atoms with van der Waals surface area (Å²) in [5.41, 5.74) is 3.13. The second-order valence-corrected chi connectivity index (χ2v) is 15.2. The number of hydrogen-bond donors (Lipinski definition) is 1. The molecule has 0 spiro atoms. The summed E-state index contributed by atoms with van der Waals surface area (Å²) >= 11 is 0. The van der Waals surface area contributed by atoms with Gasteiger partial charge in [0.15, 0.2) is 0 Å². The first-order valence-electron chi connectivity index (χ1n) is 16.9. The topological polar surface area (TPSA) is 73.9 Å². The van der Waals surface area contributed by atoms with Crippen molar-refractivity contribution < 1.29 is 23.8 Å². The minimum absolute atomic E-state index is 0.189. The summed E-state index contributed by atoms with van der Waals surface area (Å²) in [6.45, 7) is 24.7. The Labute approximate surface area is 263 Å². The van der Waals surface area contributed by atoms with Crippen LogP contribution in [0.15, 0.2) is 0 Å². The average Bonchev–Trinajstić information content (AvgIpc) is 2.88. The lowest BCUT2D eigenvalue weighted by Crippen LogP contribution is -2.43. The van der Waals surface area contributed by atoms with E-state index in [-0.39, 0.29) is 5.60 Å². The molecule has 4 atom stereocenters. The molecule has 1 heterocycles. The zero-order valence-electron chi connectivity index (χ0n) is 29.6. The molecule has 6 nitrogen and oxygen atoms in total. The van der Waals surface area contributed by atoms with E-state index in [1.165, 1.54) is 51.4 Å². The van der Waals surface area contributed by atoms with Crippen molar-refractivity contribution in [2.45, 2.75) is 171 Å². The first-order valence-corrected chi connectivity index (χ1v) is 16.9. The molecule has 1 amide bonds. The number of benzene rings is 1. The van der Waals surface area contributed by atoms with Crippen LogP contribution in [0.4, 0.5) is 4.79 Å². The number of esters is 1. The van der Waals surface area contributed by atoms with Crippen molar-refractivity contribution in [2.75, 3.05) is 0 Å². The standard InChI is InChI=1S/C37H63NO5/c1-24(2)16-13-17-25(3)18-14-19-26(4)20-15-22-37(12)23-21-31-29(7)32(27(5)28(6)33(31)42-37)41-34(39)30(8)38-35(40)43-36(9,10)11/h24-26,30H,13-23H2,1-12H3,(H,38,40). The zero-order chi connectivity index (χ0) is 32.5. The van der Waals surface area contributed by atoms with Crippen LogP contribution in [0.3, 0.4) is 0 Å². The molecule has 6 heteroatoms. The van der Waals surface area contributed by atoms with Crippen molar-refractivity contribution in [1.29, 1.82) is 0 Å². The summed E-state index contributed by atoms with van der Waals surface area (Å²) < 4.78 is 17.9. The minimum atomic E-state index is -0.843. The minimum Gasteiger partial charge on any atom is -0.487 e. The summed E-state index contributed by atoms with van der Waals surface area (Å²) in [6.07, 6.45) is 12.8. The number of nitrogens with one attached hydrogen (secondary N) is 1. The van der Waals surface area contributed by atoms with Gasteiger partial charge in [0.05, 0.1) is 0 Å². The molecule has 0 radical (unpaired) electrons. The lowest BCUT2D eigenvalue weighted by molar-refractivity contribution is -0.136. The van der Waals surface area contributed by atoms with Crippen LogP contribution in [0.2, 0.25) is 0 Å². The second kappa shape index (κ2) is 16.2. The fourth-order valence-corrected chi connectivity index (χ4v) is 6.15. The molecule has 43 heavy (non-hydrogen) atoms. The van der Waals surface area contributed by atoms with Gasteiger partial charge in [-0.25, -0.2) is 9.59 Å². The van der Waals surface area contributed by atoms with E-state index in [0.29, 0.717) is 5.75 Å². The highest BCUT2D eigenvalue weighted by molar-refractivity contribution is 5.83. The predicted octanol–water partition coefficient (Wildman–Crippen LogP) is 9.95.